The van der Waals surface area contributed by atoms with Crippen LogP contribution in [-0.2, 0) is 9.84 Å². The highest BCUT2D eigenvalue weighted by Gasteiger charge is 2.35. The van der Waals surface area contributed by atoms with E-state index in [1.807, 2.05) is 6.92 Å². The van der Waals surface area contributed by atoms with Crippen molar-refractivity contribution in [3.05, 3.63) is 0 Å². The maximum absolute atomic E-state index is 11.2. The van der Waals surface area contributed by atoms with E-state index in [2.05, 4.69) is 5.32 Å². The molecule has 3 N–H and O–H groups in total. The molecule has 0 spiro atoms. The summed E-state index contributed by atoms with van der Waals surface area (Å²) in [5.74, 6) is -0.155. The van der Waals surface area contributed by atoms with Gasteiger partial charge in [-0.2, -0.15) is 0 Å². The molecule has 0 radical (unpaired) electrons. The van der Waals surface area contributed by atoms with Gasteiger partial charge < -0.3 is 15.5 Å². The third-order valence-corrected chi connectivity index (χ3v) is 4.39. The molecule has 3 atom stereocenters. The fraction of sp³-hybridized carbons (Fsp3) is 1.00. The monoisotopic (exact) mass is 237 g/mol. The van der Waals surface area contributed by atoms with Crippen LogP contribution in [0.4, 0.5) is 0 Å². The zero-order chi connectivity index (χ0) is 11.5. The Hall–Kier alpha value is -0.170. The van der Waals surface area contributed by atoms with E-state index in [4.69, 9.17) is 0 Å². The molecular formula is C9H19NO4S. The van der Waals surface area contributed by atoms with Gasteiger partial charge in [-0.1, -0.05) is 6.92 Å². The lowest BCUT2D eigenvalue weighted by atomic mass is 10.2. The fourth-order valence-electron chi connectivity index (χ4n) is 1.66. The predicted octanol–water partition coefficient (Wildman–Crippen LogP) is -1.11. The van der Waals surface area contributed by atoms with Gasteiger partial charge in [0.1, 0.15) is 0 Å². The third-order valence-electron chi connectivity index (χ3n) is 2.68. The van der Waals surface area contributed by atoms with E-state index in [9.17, 15) is 18.6 Å². The Morgan fingerprint density at radius 1 is 1.47 bits per heavy atom. The molecule has 1 rings (SSSR count). The first-order valence-electron chi connectivity index (χ1n) is 5.24. The second kappa shape index (κ2) is 5.25. The van der Waals surface area contributed by atoms with Gasteiger partial charge in [-0.3, -0.25) is 0 Å². The van der Waals surface area contributed by atoms with Crippen LogP contribution in [-0.4, -0.2) is 54.9 Å². The minimum absolute atomic E-state index is 0.00358. The van der Waals surface area contributed by atoms with Gasteiger partial charge in [-0.25, -0.2) is 8.42 Å². The lowest BCUT2D eigenvalue weighted by Gasteiger charge is -2.15. The predicted molar refractivity (Wildman–Crippen MR) is 57.4 cm³/mol. The molecular weight excluding hydrogens is 218 g/mol. The lowest BCUT2D eigenvalue weighted by molar-refractivity contribution is 0.143. The van der Waals surface area contributed by atoms with Gasteiger partial charge >= 0.3 is 0 Å². The molecule has 0 bridgehead atoms. The number of nitrogens with one attached hydrogen (secondary N) is 1. The summed E-state index contributed by atoms with van der Waals surface area (Å²) in [5.41, 5.74) is 0. The largest absolute Gasteiger partial charge is 0.393 e. The number of rotatable bonds is 5. The maximum atomic E-state index is 11.2. The van der Waals surface area contributed by atoms with Gasteiger partial charge in [0.25, 0.3) is 0 Å². The molecule has 1 aliphatic rings. The maximum Gasteiger partial charge on any atom is 0.154 e. The molecule has 1 fully saturated rings. The van der Waals surface area contributed by atoms with Crippen LogP contribution in [0.5, 0.6) is 0 Å². The highest BCUT2D eigenvalue weighted by atomic mass is 32.2. The first-order chi connectivity index (χ1) is 6.94. The molecule has 6 heteroatoms. The highest BCUT2D eigenvalue weighted by Crippen LogP contribution is 2.12. The molecule has 0 aromatic rings. The minimum atomic E-state index is -3.08. The van der Waals surface area contributed by atoms with Crippen molar-refractivity contribution in [2.45, 2.75) is 38.0 Å². The van der Waals surface area contributed by atoms with Gasteiger partial charge in [-0.05, 0) is 19.4 Å². The summed E-state index contributed by atoms with van der Waals surface area (Å²) in [4.78, 5) is 0. The number of aliphatic hydroxyl groups excluding tert-OH is 2. The first-order valence-corrected chi connectivity index (χ1v) is 7.06. The molecule has 0 amide bonds. The van der Waals surface area contributed by atoms with Gasteiger partial charge in [-0.15, -0.1) is 0 Å². The van der Waals surface area contributed by atoms with Crippen molar-refractivity contribution >= 4 is 9.84 Å². The standard InChI is InChI=1S/C9H19NO4S/c1-2-7(11)3-4-10-8-5-15(13,14)6-9(8)12/h7-12H,2-6H2,1H3. The van der Waals surface area contributed by atoms with Crippen LogP contribution in [0.15, 0.2) is 0 Å². The van der Waals surface area contributed by atoms with Crippen LogP contribution < -0.4 is 5.32 Å². The Balaban J connectivity index is 2.28. The summed E-state index contributed by atoms with van der Waals surface area (Å²) in [6.07, 6.45) is 0.105. The van der Waals surface area contributed by atoms with Crippen LogP contribution in [0.1, 0.15) is 19.8 Å². The van der Waals surface area contributed by atoms with Crippen molar-refractivity contribution in [1.29, 1.82) is 0 Å². The minimum Gasteiger partial charge on any atom is -0.393 e. The lowest BCUT2D eigenvalue weighted by Crippen LogP contribution is -2.40. The summed E-state index contributed by atoms with van der Waals surface area (Å²) >= 11 is 0. The van der Waals surface area contributed by atoms with Crippen molar-refractivity contribution in [2.24, 2.45) is 0 Å². The zero-order valence-corrected chi connectivity index (χ0v) is 9.70. The van der Waals surface area contributed by atoms with Crippen molar-refractivity contribution in [2.75, 3.05) is 18.1 Å². The number of aliphatic hydroxyl groups is 2. The molecule has 0 aromatic carbocycles. The van der Waals surface area contributed by atoms with Crippen molar-refractivity contribution in [3.63, 3.8) is 0 Å². The van der Waals surface area contributed by atoms with Crippen molar-refractivity contribution in [3.8, 4) is 0 Å². The van der Waals surface area contributed by atoms with E-state index >= 15 is 0 Å². The van der Waals surface area contributed by atoms with Gasteiger partial charge in [0.15, 0.2) is 9.84 Å². The Morgan fingerprint density at radius 2 is 2.13 bits per heavy atom. The molecule has 0 aromatic heterocycles. The van der Waals surface area contributed by atoms with Crippen molar-refractivity contribution in [1.82, 2.24) is 5.32 Å². The molecule has 1 aliphatic heterocycles. The van der Waals surface area contributed by atoms with Gasteiger partial charge in [0.2, 0.25) is 0 Å². The van der Waals surface area contributed by atoms with Crippen LogP contribution >= 0.6 is 0 Å². The zero-order valence-electron chi connectivity index (χ0n) is 8.89. The SMILES string of the molecule is CCC(O)CCNC1CS(=O)(=O)CC1O. The fourth-order valence-corrected chi connectivity index (χ4v) is 3.44. The summed E-state index contributed by atoms with van der Waals surface area (Å²) < 4.78 is 22.3. The molecule has 3 unspecified atom stereocenters. The topological polar surface area (TPSA) is 86.6 Å². The average Bonchev–Trinajstić information content (AvgIpc) is 2.39. The van der Waals surface area contributed by atoms with Crippen LogP contribution in [0.2, 0.25) is 0 Å². The molecule has 0 saturated carbocycles. The second-order valence-corrected chi connectivity index (χ2v) is 6.21. The molecule has 5 nitrogen and oxygen atoms in total. The van der Waals surface area contributed by atoms with E-state index in [1.165, 1.54) is 0 Å². The average molecular weight is 237 g/mol. The number of hydrogen-bond acceptors (Lipinski definition) is 5. The Bertz CT molecular complexity index is 290. The number of hydrogen-bond donors (Lipinski definition) is 3. The van der Waals surface area contributed by atoms with Crippen LogP contribution in [0.25, 0.3) is 0 Å². The number of sulfone groups is 1. The third kappa shape index (κ3) is 4.06. The molecule has 1 saturated heterocycles. The van der Waals surface area contributed by atoms with E-state index < -0.39 is 15.9 Å². The molecule has 15 heavy (non-hydrogen) atoms. The van der Waals surface area contributed by atoms with E-state index in [0.29, 0.717) is 19.4 Å². The summed E-state index contributed by atoms with van der Waals surface area (Å²) in [6.45, 7) is 2.42. The van der Waals surface area contributed by atoms with E-state index in [-0.39, 0.29) is 23.7 Å². The van der Waals surface area contributed by atoms with Crippen LogP contribution in [0.3, 0.4) is 0 Å². The Kier molecular flexibility index (Phi) is 4.51. The summed E-state index contributed by atoms with van der Waals surface area (Å²) in [5, 5.41) is 21.7. The normalized spacial score (nSPS) is 31.7. The Morgan fingerprint density at radius 3 is 2.60 bits per heavy atom. The Labute approximate surface area is 90.4 Å². The van der Waals surface area contributed by atoms with Gasteiger partial charge in [0.05, 0.1) is 23.7 Å². The van der Waals surface area contributed by atoms with Gasteiger partial charge in [0, 0.05) is 6.04 Å². The van der Waals surface area contributed by atoms with E-state index in [1.54, 1.807) is 0 Å². The summed E-state index contributed by atoms with van der Waals surface area (Å²) in [6, 6.07) is -0.376. The first kappa shape index (κ1) is 12.9. The molecule has 1 heterocycles. The highest BCUT2D eigenvalue weighted by molar-refractivity contribution is 7.91. The second-order valence-electron chi connectivity index (χ2n) is 4.06. The van der Waals surface area contributed by atoms with E-state index in [0.717, 1.165) is 0 Å². The van der Waals surface area contributed by atoms with Crippen molar-refractivity contribution < 1.29 is 18.6 Å². The van der Waals surface area contributed by atoms with Crippen LogP contribution in [0, 0.1) is 0 Å². The quantitative estimate of drug-likeness (QED) is 0.565. The smallest absolute Gasteiger partial charge is 0.154 e. The summed E-state index contributed by atoms with van der Waals surface area (Å²) in [7, 11) is -3.08. The molecule has 0 aliphatic carbocycles. The molecule has 90 valence electrons.